The SMILES string of the molecule is O=C(O)C(=O)O.c1ccc2ncccc2c1. The number of nitrogens with zero attached hydrogens (tertiary/aromatic N) is 1. The molecule has 1 aromatic carbocycles. The number of carboxylic acid groups (broad SMARTS) is 2. The van der Waals surface area contributed by atoms with E-state index < -0.39 is 11.9 Å². The first-order valence-corrected chi connectivity index (χ1v) is 4.37. The molecule has 0 saturated heterocycles. The molecule has 5 nitrogen and oxygen atoms in total. The van der Waals surface area contributed by atoms with Crippen LogP contribution in [0.5, 0.6) is 0 Å². The molecule has 82 valence electrons. The molecule has 2 rings (SSSR count). The van der Waals surface area contributed by atoms with Crippen LogP contribution in [-0.4, -0.2) is 27.1 Å². The molecule has 5 heteroatoms. The van der Waals surface area contributed by atoms with E-state index in [4.69, 9.17) is 19.8 Å². The Bertz CT molecular complexity index is 433. The van der Waals surface area contributed by atoms with E-state index in [9.17, 15) is 0 Å². The van der Waals surface area contributed by atoms with Crippen molar-refractivity contribution in [2.24, 2.45) is 0 Å². The molecule has 1 heterocycles. The van der Waals surface area contributed by atoms with E-state index in [0.29, 0.717) is 0 Å². The summed E-state index contributed by atoms with van der Waals surface area (Å²) >= 11 is 0. The van der Waals surface area contributed by atoms with Gasteiger partial charge >= 0.3 is 11.9 Å². The number of para-hydroxylation sites is 1. The van der Waals surface area contributed by atoms with Gasteiger partial charge < -0.3 is 10.2 Å². The molecule has 2 aromatic rings. The number of hydrogen-bond acceptors (Lipinski definition) is 3. The minimum absolute atomic E-state index is 1.06. The van der Waals surface area contributed by atoms with Crippen LogP contribution in [0.4, 0.5) is 0 Å². The van der Waals surface area contributed by atoms with Gasteiger partial charge in [0.25, 0.3) is 0 Å². The molecule has 0 aliphatic rings. The van der Waals surface area contributed by atoms with Crippen LogP contribution < -0.4 is 0 Å². The van der Waals surface area contributed by atoms with Gasteiger partial charge in [-0.2, -0.15) is 0 Å². The lowest BCUT2D eigenvalue weighted by Gasteiger charge is -1.91. The van der Waals surface area contributed by atoms with Crippen molar-refractivity contribution in [1.82, 2.24) is 4.98 Å². The molecule has 0 atom stereocenters. The molecule has 1 aromatic heterocycles. The summed E-state index contributed by atoms with van der Waals surface area (Å²) in [5.74, 6) is -3.65. The molecular formula is C11H9NO4. The highest BCUT2D eigenvalue weighted by atomic mass is 16.4. The second kappa shape index (κ2) is 5.45. The molecule has 0 saturated carbocycles. The molecule has 2 N–H and O–H groups in total. The van der Waals surface area contributed by atoms with Crippen molar-refractivity contribution in [3.63, 3.8) is 0 Å². The zero-order chi connectivity index (χ0) is 12.0. The Balaban J connectivity index is 0.000000187. The first-order chi connectivity index (χ1) is 7.61. The molecule has 0 aliphatic carbocycles. The maximum Gasteiger partial charge on any atom is 0.414 e. The van der Waals surface area contributed by atoms with Crippen LogP contribution >= 0.6 is 0 Å². The summed E-state index contributed by atoms with van der Waals surface area (Å²) in [6.07, 6.45) is 1.81. The van der Waals surface area contributed by atoms with E-state index in [2.05, 4.69) is 17.1 Å². The quantitative estimate of drug-likeness (QED) is 0.654. The highest BCUT2D eigenvalue weighted by molar-refractivity contribution is 6.27. The molecule has 0 unspecified atom stereocenters. The third-order valence-electron chi connectivity index (χ3n) is 1.70. The van der Waals surface area contributed by atoms with E-state index in [-0.39, 0.29) is 0 Å². The van der Waals surface area contributed by atoms with Gasteiger partial charge in [0.1, 0.15) is 0 Å². The molecular weight excluding hydrogens is 210 g/mol. The minimum atomic E-state index is -1.82. The van der Waals surface area contributed by atoms with Crippen LogP contribution in [0, 0.1) is 0 Å². The van der Waals surface area contributed by atoms with Gasteiger partial charge in [0, 0.05) is 11.6 Å². The summed E-state index contributed by atoms with van der Waals surface area (Å²) in [6, 6.07) is 12.1. The summed E-state index contributed by atoms with van der Waals surface area (Å²) in [5.41, 5.74) is 1.06. The average Bonchev–Trinajstić information content (AvgIpc) is 2.30. The van der Waals surface area contributed by atoms with E-state index in [1.54, 1.807) is 0 Å². The van der Waals surface area contributed by atoms with Crippen molar-refractivity contribution in [3.05, 3.63) is 42.6 Å². The Kier molecular flexibility index (Phi) is 3.97. The van der Waals surface area contributed by atoms with Gasteiger partial charge in [-0.25, -0.2) is 9.59 Å². The highest BCUT2D eigenvalue weighted by Crippen LogP contribution is 2.07. The number of benzene rings is 1. The summed E-state index contributed by atoms with van der Waals surface area (Å²) in [6.45, 7) is 0. The van der Waals surface area contributed by atoms with Gasteiger partial charge in [-0.3, -0.25) is 4.98 Å². The molecule has 0 radical (unpaired) electrons. The number of rotatable bonds is 0. The zero-order valence-electron chi connectivity index (χ0n) is 8.20. The van der Waals surface area contributed by atoms with Crippen molar-refractivity contribution in [2.45, 2.75) is 0 Å². The maximum atomic E-state index is 9.10. The monoisotopic (exact) mass is 219 g/mol. The van der Waals surface area contributed by atoms with Crippen LogP contribution in [0.3, 0.4) is 0 Å². The Morgan fingerprint density at radius 1 is 0.938 bits per heavy atom. The Hall–Kier alpha value is -2.43. The number of pyridine rings is 1. The lowest BCUT2D eigenvalue weighted by atomic mass is 10.2. The second-order valence-corrected chi connectivity index (χ2v) is 2.81. The van der Waals surface area contributed by atoms with Crippen LogP contribution in [0.1, 0.15) is 0 Å². The fourth-order valence-electron chi connectivity index (χ4n) is 1.02. The largest absolute Gasteiger partial charge is 0.473 e. The van der Waals surface area contributed by atoms with Crippen molar-refractivity contribution in [3.8, 4) is 0 Å². The predicted octanol–water partition coefficient (Wildman–Crippen LogP) is 1.39. The van der Waals surface area contributed by atoms with Gasteiger partial charge in [0.05, 0.1) is 5.52 Å². The van der Waals surface area contributed by atoms with Gasteiger partial charge in [0.15, 0.2) is 0 Å². The standard InChI is InChI=1S/C9H7N.C2H2O4/c1-2-6-9-8(4-1)5-3-7-10-9;3-1(4)2(5)6/h1-7H;(H,3,4)(H,5,6). The molecule has 0 fully saturated rings. The normalized spacial score (nSPS) is 9.00. The molecule has 0 bridgehead atoms. The van der Waals surface area contributed by atoms with Crippen LogP contribution in [0.2, 0.25) is 0 Å². The van der Waals surface area contributed by atoms with Crippen LogP contribution in [-0.2, 0) is 9.59 Å². The number of hydrogen-bond donors (Lipinski definition) is 2. The van der Waals surface area contributed by atoms with E-state index in [1.807, 2.05) is 30.5 Å². The molecule has 0 aliphatic heterocycles. The third kappa shape index (κ3) is 3.38. The van der Waals surface area contributed by atoms with Crippen molar-refractivity contribution < 1.29 is 19.8 Å². The zero-order valence-corrected chi connectivity index (χ0v) is 8.20. The van der Waals surface area contributed by atoms with Gasteiger partial charge in [-0.1, -0.05) is 24.3 Å². The molecule has 0 spiro atoms. The Labute approximate surface area is 91.0 Å². The topological polar surface area (TPSA) is 87.5 Å². The summed E-state index contributed by atoms with van der Waals surface area (Å²) in [4.78, 5) is 22.4. The highest BCUT2D eigenvalue weighted by Gasteiger charge is 2.04. The Morgan fingerprint density at radius 3 is 2.06 bits per heavy atom. The van der Waals surface area contributed by atoms with Gasteiger partial charge in [-0.05, 0) is 12.1 Å². The lowest BCUT2D eigenvalue weighted by Crippen LogP contribution is -2.09. The van der Waals surface area contributed by atoms with Crippen LogP contribution in [0.15, 0.2) is 42.6 Å². The van der Waals surface area contributed by atoms with E-state index in [1.165, 1.54) is 5.39 Å². The fourth-order valence-corrected chi connectivity index (χ4v) is 1.02. The maximum absolute atomic E-state index is 9.10. The first kappa shape index (κ1) is 11.6. The molecule has 16 heavy (non-hydrogen) atoms. The average molecular weight is 219 g/mol. The van der Waals surface area contributed by atoms with Crippen molar-refractivity contribution in [1.29, 1.82) is 0 Å². The molecule has 0 amide bonds. The lowest BCUT2D eigenvalue weighted by molar-refractivity contribution is -0.159. The number of aromatic nitrogens is 1. The van der Waals surface area contributed by atoms with Crippen LogP contribution in [0.25, 0.3) is 10.9 Å². The number of aliphatic carboxylic acids is 2. The van der Waals surface area contributed by atoms with Gasteiger partial charge in [-0.15, -0.1) is 0 Å². The van der Waals surface area contributed by atoms with Gasteiger partial charge in [0.2, 0.25) is 0 Å². The summed E-state index contributed by atoms with van der Waals surface area (Å²) in [5, 5.41) is 16.0. The first-order valence-electron chi connectivity index (χ1n) is 4.37. The predicted molar refractivity (Wildman–Crippen MR) is 57.0 cm³/mol. The number of carbonyl (C=O) groups is 2. The van der Waals surface area contributed by atoms with Crippen molar-refractivity contribution >= 4 is 22.8 Å². The third-order valence-corrected chi connectivity index (χ3v) is 1.70. The van der Waals surface area contributed by atoms with Crippen molar-refractivity contribution in [2.75, 3.05) is 0 Å². The summed E-state index contributed by atoms with van der Waals surface area (Å²) < 4.78 is 0. The van der Waals surface area contributed by atoms with E-state index in [0.717, 1.165) is 5.52 Å². The minimum Gasteiger partial charge on any atom is -0.473 e. The fraction of sp³-hybridized carbons (Fsp3) is 0. The Morgan fingerprint density at radius 2 is 1.50 bits per heavy atom. The second-order valence-electron chi connectivity index (χ2n) is 2.81. The summed E-state index contributed by atoms with van der Waals surface area (Å²) in [7, 11) is 0. The number of carboxylic acids is 2. The number of fused-ring (bicyclic) bond motifs is 1. The van der Waals surface area contributed by atoms with E-state index >= 15 is 0 Å². The smallest absolute Gasteiger partial charge is 0.414 e.